The van der Waals surface area contributed by atoms with Gasteiger partial charge in [-0.25, -0.2) is 14.4 Å². The fourth-order valence-corrected chi connectivity index (χ4v) is 7.39. The van der Waals surface area contributed by atoms with E-state index in [0.29, 0.717) is 54.8 Å². The number of ether oxygens (including phenoxy) is 1. The van der Waals surface area contributed by atoms with Crippen molar-refractivity contribution < 1.29 is 37.5 Å². The minimum atomic E-state index is -0.786. The third kappa shape index (κ3) is 7.71. The number of oxazole rings is 2. The van der Waals surface area contributed by atoms with Crippen LogP contribution in [0.3, 0.4) is 0 Å². The number of piperazine rings is 2. The lowest BCUT2D eigenvalue weighted by Crippen LogP contribution is -2.50. The van der Waals surface area contributed by atoms with Crippen LogP contribution in [0.5, 0.6) is 0 Å². The first kappa shape index (κ1) is 37.4. The minimum Gasteiger partial charge on any atom is -0.444 e. The lowest BCUT2D eigenvalue weighted by atomic mass is 10.1. The van der Waals surface area contributed by atoms with Gasteiger partial charge < -0.3 is 33.6 Å². The second-order valence-corrected chi connectivity index (χ2v) is 14.9. The Morgan fingerprint density at radius 1 is 0.673 bits per heavy atom. The number of imide groups is 2. The Kier molecular flexibility index (Phi) is 10.3. The highest BCUT2D eigenvalue weighted by atomic mass is 16.6. The highest BCUT2D eigenvalue weighted by Gasteiger charge is 2.34. The van der Waals surface area contributed by atoms with E-state index >= 15 is 0 Å². The van der Waals surface area contributed by atoms with E-state index in [1.54, 1.807) is 23.1 Å². The van der Waals surface area contributed by atoms with Gasteiger partial charge in [0, 0.05) is 65.2 Å². The molecule has 5 amide bonds. The second-order valence-electron chi connectivity index (χ2n) is 14.9. The monoisotopic (exact) mass is 760 g/mol. The summed E-state index contributed by atoms with van der Waals surface area (Å²) in [5.74, 6) is -2.81. The molecule has 0 radical (unpaired) electrons. The molecule has 0 spiro atoms. The first-order chi connectivity index (χ1) is 26.3. The van der Waals surface area contributed by atoms with Crippen LogP contribution < -0.4 is 37.3 Å². The molecule has 8 rings (SSSR count). The number of hydrogen-bond donors (Lipinski definition) is 3. The maximum Gasteiger partial charge on any atom is 0.420 e. The van der Waals surface area contributed by atoms with E-state index in [0.717, 1.165) is 37.6 Å². The molecule has 3 N–H and O–H groups in total. The van der Waals surface area contributed by atoms with Gasteiger partial charge in [-0.1, -0.05) is 12.1 Å². The van der Waals surface area contributed by atoms with Gasteiger partial charge in [-0.15, -0.1) is 0 Å². The number of piperidine rings is 2. The Morgan fingerprint density at radius 2 is 1.13 bits per heavy atom. The summed E-state index contributed by atoms with van der Waals surface area (Å²) in [4.78, 5) is 90.4. The standard InChI is InChI=1S/C21H26N4O6.C16H18N4O4/c1-21(2,3)31-19(28)24-11-9-23(10-12-24)13-5-4-6-14-17(13)30-20(29)25(14)15-7-8-16(26)22-18(15)27;21-13-5-4-12(15(22)18-13)20-11-3-1-2-10(14(11)24-16(20)23)19-8-6-17-7-9-19/h4-6,15H,7-12H2,1-3H3,(H,22,26,27);1-3,12,17H,4-9H2,(H,18,21,22). The van der Waals surface area contributed by atoms with Crippen molar-refractivity contribution in [3.05, 3.63) is 57.5 Å². The molecule has 2 aromatic carbocycles. The fraction of sp³-hybridized carbons (Fsp3) is 0.486. The number of nitrogens with zero attached hydrogens (tertiary/aromatic N) is 5. The normalized spacial score (nSPS) is 21.0. The van der Waals surface area contributed by atoms with E-state index in [2.05, 4.69) is 20.9 Å². The molecule has 2 unspecified atom stereocenters. The van der Waals surface area contributed by atoms with Gasteiger partial charge in [0.15, 0.2) is 11.2 Å². The number of carbonyl (C=O) groups excluding carboxylic acids is 5. The van der Waals surface area contributed by atoms with E-state index in [4.69, 9.17) is 13.6 Å². The molecule has 0 aliphatic carbocycles. The number of aromatic nitrogens is 2. The van der Waals surface area contributed by atoms with E-state index in [1.165, 1.54) is 9.13 Å². The van der Waals surface area contributed by atoms with Gasteiger partial charge in [0.05, 0.1) is 22.4 Å². The van der Waals surface area contributed by atoms with Gasteiger partial charge in [0.25, 0.3) is 0 Å². The lowest BCUT2D eigenvalue weighted by Gasteiger charge is -2.36. The number of anilines is 2. The summed E-state index contributed by atoms with van der Waals surface area (Å²) in [5, 5.41) is 7.86. The van der Waals surface area contributed by atoms with Crippen molar-refractivity contribution in [2.45, 2.75) is 64.1 Å². The van der Waals surface area contributed by atoms with Crippen LogP contribution in [0.2, 0.25) is 0 Å². The average molecular weight is 761 g/mol. The van der Waals surface area contributed by atoms with Gasteiger partial charge in [-0.2, -0.15) is 0 Å². The zero-order valence-electron chi connectivity index (χ0n) is 30.9. The third-order valence-corrected chi connectivity index (χ3v) is 10.0. The molecule has 2 aromatic heterocycles. The predicted octanol–water partition coefficient (Wildman–Crippen LogP) is 1.61. The van der Waals surface area contributed by atoms with Gasteiger partial charge >= 0.3 is 17.6 Å². The molecular formula is C37H44N8O10. The number of rotatable bonds is 4. The molecule has 4 aliphatic heterocycles. The number of benzene rings is 2. The number of hydrogen-bond acceptors (Lipinski definition) is 13. The molecule has 0 bridgehead atoms. The number of para-hydroxylation sites is 2. The van der Waals surface area contributed by atoms with Crippen LogP contribution in [0.1, 0.15) is 58.5 Å². The molecule has 6 heterocycles. The predicted molar refractivity (Wildman–Crippen MR) is 199 cm³/mol. The van der Waals surface area contributed by atoms with E-state index < -0.39 is 41.0 Å². The summed E-state index contributed by atoms with van der Waals surface area (Å²) >= 11 is 0. The number of nitrogens with one attached hydrogen (secondary N) is 3. The number of carbonyl (C=O) groups is 5. The molecular weight excluding hydrogens is 716 g/mol. The molecule has 4 aliphatic rings. The van der Waals surface area contributed by atoms with Crippen LogP contribution in [0.15, 0.2) is 54.8 Å². The molecule has 0 saturated carbocycles. The van der Waals surface area contributed by atoms with Gasteiger partial charge in [-0.05, 0) is 57.9 Å². The summed E-state index contributed by atoms with van der Waals surface area (Å²) in [6, 6.07) is 9.43. The van der Waals surface area contributed by atoms with Crippen molar-refractivity contribution in [1.82, 2.24) is 30.0 Å². The van der Waals surface area contributed by atoms with Crippen LogP contribution in [-0.4, -0.2) is 102 Å². The zero-order chi connectivity index (χ0) is 39.0. The average Bonchev–Trinajstić information content (AvgIpc) is 3.67. The molecule has 2 atom stereocenters. The van der Waals surface area contributed by atoms with Crippen molar-refractivity contribution in [2.24, 2.45) is 0 Å². The maximum atomic E-state index is 12.6. The smallest absolute Gasteiger partial charge is 0.420 e. The number of fused-ring (bicyclic) bond motifs is 2. The summed E-state index contributed by atoms with van der Waals surface area (Å²) in [6.45, 7) is 10.9. The first-order valence-electron chi connectivity index (χ1n) is 18.4. The molecule has 4 aromatic rings. The Morgan fingerprint density at radius 3 is 1.56 bits per heavy atom. The topological polar surface area (TPSA) is 211 Å². The van der Waals surface area contributed by atoms with Crippen molar-refractivity contribution in [3.8, 4) is 0 Å². The van der Waals surface area contributed by atoms with Crippen molar-refractivity contribution >= 4 is 63.3 Å². The molecule has 55 heavy (non-hydrogen) atoms. The Labute approximate surface area is 314 Å². The molecule has 292 valence electrons. The van der Waals surface area contributed by atoms with Crippen LogP contribution in [0, 0.1) is 0 Å². The van der Waals surface area contributed by atoms with Crippen LogP contribution in [-0.2, 0) is 23.9 Å². The fourth-order valence-electron chi connectivity index (χ4n) is 7.39. The summed E-state index contributed by atoms with van der Waals surface area (Å²) in [7, 11) is 0. The molecule has 18 heteroatoms. The largest absolute Gasteiger partial charge is 0.444 e. The molecule has 4 saturated heterocycles. The van der Waals surface area contributed by atoms with E-state index in [-0.39, 0.29) is 37.2 Å². The highest BCUT2D eigenvalue weighted by Crippen LogP contribution is 2.32. The quantitative estimate of drug-likeness (QED) is 0.253. The van der Waals surface area contributed by atoms with Crippen LogP contribution in [0.25, 0.3) is 22.2 Å². The Bertz CT molecular complexity index is 2270. The second kappa shape index (κ2) is 15.1. The van der Waals surface area contributed by atoms with E-state index in [1.807, 2.05) is 43.9 Å². The number of amides is 5. The maximum absolute atomic E-state index is 12.6. The lowest BCUT2D eigenvalue weighted by molar-refractivity contribution is -0.137. The van der Waals surface area contributed by atoms with Crippen molar-refractivity contribution in [3.63, 3.8) is 0 Å². The van der Waals surface area contributed by atoms with Crippen LogP contribution in [0.4, 0.5) is 16.2 Å². The van der Waals surface area contributed by atoms with Crippen molar-refractivity contribution in [1.29, 1.82) is 0 Å². The highest BCUT2D eigenvalue weighted by molar-refractivity contribution is 6.01. The van der Waals surface area contributed by atoms with E-state index in [9.17, 15) is 33.6 Å². The SMILES string of the molecule is CC(C)(C)OC(=O)N1CCN(c2cccc3c2oc(=O)n3C2CCC(=O)NC2=O)CC1.O=C1CCC(n2c(=O)oc3c(N4CCNCC4)cccc32)C(=O)N1. The van der Waals surface area contributed by atoms with Gasteiger partial charge in [0.2, 0.25) is 23.6 Å². The minimum absolute atomic E-state index is 0.168. The summed E-state index contributed by atoms with van der Waals surface area (Å²) in [6.07, 6.45) is 0.588. The van der Waals surface area contributed by atoms with Crippen molar-refractivity contribution in [2.75, 3.05) is 62.2 Å². The van der Waals surface area contributed by atoms with Gasteiger partial charge in [0.1, 0.15) is 17.7 Å². The summed E-state index contributed by atoms with van der Waals surface area (Å²) < 4.78 is 19.2. The summed E-state index contributed by atoms with van der Waals surface area (Å²) in [5.41, 5.74) is 3.01. The first-order valence-corrected chi connectivity index (χ1v) is 18.4. The zero-order valence-corrected chi connectivity index (χ0v) is 30.9. The Hall–Kier alpha value is -5.91. The Balaban J connectivity index is 0.000000174. The molecule has 18 nitrogen and oxygen atoms in total. The van der Waals surface area contributed by atoms with Gasteiger partial charge in [-0.3, -0.25) is 38.9 Å². The molecule has 4 fully saturated rings. The van der Waals surface area contributed by atoms with Crippen LogP contribution >= 0.6 is 0 Å². The third-order valence-electron chi connectivity index (χ3n) is 10.0.